The minimum atomic E-state index is -0.395. The van der Waals surface area contributed by atoms with Gasteiger partial charge in [0.1, 0.15) is 11.6 Å². The fourth-order valence-corrected chi connectivity index (χ4v) is 2.72. The average molecular weight is 231 g/mol. The van der Waals surface area contributed by atoms with E-state index in [1.54, 1.807) is 0 Å². The van der Waals surface area contributed by atoms with Gasteiger partial charge in [0.25, 0.3) is 0 Å². The molecule has 1 aromatic carbocycles. The van der Waals surface area contributed by atoms with Crippen LogP contribution < -0.4 is 0 Å². The Morgan fingerprint density at radius 2 is 1.93 bits per heavy atom. The van der Waals surface area contributed by atoms with E-state index in [9.17, 15) is 8.78 Å². The second-order valence-electron chi connectivity index (χ2n) is 4.27. The third kappa shape index (κ3) is 2.00. The summed E-state index contributed by atoms with van der Waals surface area (Å²) in [5, 5.41) is -0.395. The van der Waals surface area contributed by atoms with Crippen LogP contribution in [0.25, 0.3) is 0 Å². The van der Waals surface area contributed by atoms with Gasteiger partial charge in [-0.15, -0.1) is 11.6 Å². The molecule has 0 spiro atoms. The van der Waals surface area contributed by atoms with Gasteiger partial charge in [0.2, 0.25) is 0 Å². The number of alkyl halides is 1. The Bertz CT molecular complexity index is 376. The molecule has 0 bridgehead atoms. The van der Waals surface area contributed by atoms with Crippen molar-refractivity contribution in [2.45, 2.75) is 31.6 Å². The van der Waals surface area contributed by atoms with Crippen LogP contribution in [-0.2, 0) is 6.42 Å². The first-order chi connectivity index (χ1) is 7.09. The Morgan fingerprint density at radius 1 is 1.27 bits per heavy atom. The molecule has 0 saturated heterocycles. The fraction of sp³-hybridized carbons (Fsp3) is 0.500. The zero-order valence-electron chi connectivity index (χ0n) is 8.56. The minimum absolute atomic E-state index is 0.328. The van der Waals surface area contributed by atoms with Gasteiger partial charge in [0.05, 0.1) is 5.38 Å². The third-order valence-corrected chi connectivity index (χ3v) is 3.45. The van der Waals surface area contributed by atoms with Crippen LogP contribution in [-0.4, -0.2) is 0 Å². The number of hydrogen-bond acceptors (Lipinski definition) is 0. The number of hydrogen-bond donors (Lipinski definition) is 0. The van der Waals surface area contributed by atoms with E-state index in [1.165, 1.54) is 12.1 Å². The Balaban J connectivity index is 2.52. The lowest BCUT2D eigenvalue weighted by atomic mass is 10.0. The van der Waals surface area contributed by atoms with Crippen LogP contribution in [0.4, 0.5) is 8.78 Å². The van der Waals surface area contributed by atoms with Gasteiger partial charge in [-0.05, 0) is 42.9 Å². The summed E-state index contributed by atoms with van der Waals surface area (Å²) in [6, 6.07) is 2.35. The molecule has 2 rings (SSSR count). The predicted molar refractivity (Wildman–Crippen MR) is 57.1 cm³/mol. The molecule has 1 aromatic rings. The second kappa shape index (κ2) is 4.09. The van der Waals surface area contributed by atoms with E-state index in [0.29, 0.717) is 23.5 Å². The zero-order valence-corrected chi connectivity index (χ0v) is 9.32. The SMILES string of the molecule is CC1CCc2c(F)ccc(F)c2C(Cl)C1. The van der Waals surface area contributed by atoms with Crippen molar-refractivity contribution in [3.05, 3.63) is 34.9 Å². The lowest BCUT2D eigenvalue weighted by Gasteiger charge is -2.13. The molecule has 3 heteroatoms. The van der Waals surface area contributed by atoms with E-state index in [4.69, 9.17) is 11.6 Å². The van der Waals surface area contributed by atoms with Gasteiger partial charge in [-0.25, -0.2) is 8.78 Å². The summed E-state index contributed by atoms with van der Waals surface area (Å²) < 4.78 is 27.1. The molecule has 0 saturated carbocycles. The molecule has 0 aromatic heterocycles. The fourth-order valence-electron chi connectivity index (χ4n) is 2.18. The minimum Gasteiger partial charge on any atom is -0.207 e. The van der Waals surface area contributed by atoms with Crippen molar-refractivity contribution in [3.63, 3.8) is 0 Å². The number of fused-ring (bicyclic) bond motifs is 1. The molecule has 0 amide bonds. The molecular formula is C12H13ClF2. The predicted octanol–water partition coefficient (Wildman–Crippen LogP) is 4.22. The molecule has 1 aliphatic rings. The lowest BCUT2D eigenvalue weighted by molar-refractivity contribution is 0.497. The molecule has 1 aliphatic carbocycles. The van der Waals surface area contributed by atoms with Crippen molar-refractivity contribution in [2.75, 3.05) is 0 Å². The van der Waals surface area contributed by atoms with Crippen molar-refractivity contribution in [3.8, 4) is 0 Å². The highest BCUT2D eigenvalue weighted by Gasteiger charge is 2.25. The van der Waals surface area contributed by atoms with Crippen LogP contribution in [0, 0.1) is 17.6 Å². The van der Waals surface area contributed by atoms with Crippen molar-refractivity contribution in [2.24, 2.45) is 5.92 Å². The smallest absolute Gasteiger partial charge is 0.128 e. The first-order valence-electron chi connectivity index (χ1n) is 5.20. The quantitative estimate of drug-likeness (QED) is 0.463. The lowest BCUT2D eigenvalue weighted by Crippen LogP contribution is -2.01. The van der Waals surface area contributed by atoms with Gasteiger partial charge in [0.15, 0.2) is 0 Å². The van der Waals surface area contributed by atoms with Gasteiger partial charge in [-0.2, -0.15) is 0 Å². The van der Waals surface area contributed by atoms with E-state index in [-0.39, 0.29) is 11.6 Å². The first kappa shape index (κ1) is 10.9. The Morgan fingerprint density at radius 3 is 2.67 bits per heavy atom. The van der Waals surface area contributed by atoms with Crippen LogP contribution in [0.3, 0.4) is 0 Å². The maximum absolute atomic E-state index is 13.6. The summed E-state index contributed by atoms with van der Waals surface area (Å²) in [7, 11) is 0. The summed E-state index contributed by atoms with van der Waals surface area (Å²) >= 11 is 6.12. The van der Waals surface area contributed by atoms with Crippen LogP contribution in [0.2, 0.25) is 0 Å². The molecule has 2 atom stereocenters. The Labute approximate surface area is 93.2 Å². The normalized spacial score (nSPS) is 25.9. The van der Waals surface area contributed by atoms with Crippen molar-refractivity contribution >= 4 is 11.6 Å². The van der Waals surface area contributed by atoms with Crippen LogP contribution in [0.5, 0.6) is 0 Å². The highest BCUT2D eigenvalue weighted by molar-refractivity contribution is 6.21. The van der Waals surface area contributed by atoms with Crippen molar-refractivity contribution in [1.82, 2.24) is 0 Å². The third-order valence-electron chi connectivity index (χ3n) is 3.06. The molecule has 0 nitrogen and oxygen atoms in total. The first-order valence-corrected chi connectivity index (χ1v) is 5.64. The topological polar surface area (TPSA) is 0 Å². The van der Waals surface area contributed by atoms with Crippen LogP contribution in [0.1, 0.15) is 36.3 Å². The summed E-state index contributed by atoms with van der Waals surface area (Å²) in [6.45, 7) is 2.07. The van der Waals surface area contributed by atoms with E-state index >= 15 is 0 Å². The zero-order chi connectivity index (χ0) is 11.0. The number of rotatable bonds is 0. The largest absolute Gasteiger partial charge is 0.207 e. The molecule has 82 valence electrons. The summed E-state index contributed by atoms with van der Waals surface area (Å²) in [6.07, 6.45) is 2.18. The van der Waals surface area contributed by atoms with Gasteiger partial charge in [-0.1, -0.05) is 6.92 Å². The molecule has 0 aliphatic heterocycles. The van der Waals surface area contributed by atoms with Gasteiger partial charge in [-0.3, -0.25) is 0 Å². The molecule has 0 radical (unpaired) electrons. The Kier molecular flexibility index (Phi) is 2.96. The summed E-state index contributed by atoms with van der Waals surface area (Å²) in [5.74, 6) is -0.287. The van der Waals surface area contributed by atoms with Gasteiger partial charge < -0.3 is 0 Å². The van der Waals surface area contributed by atoms with Crippen LogP contribution >= 0.6 is 11.6 Å². The van der Waals surface area contributed by atoms with Crippen molar-refractivity contribution in [1.29, 1.82) is 0 Å². The summed E-state index contributed by atoms with van der Waals surface area (Å²) in [4.78, 5) is 0. The van der Waals surface area contributed by atoms with Gasteiger partial charge in [0, 0.05) is 5.56 Å². The monoisotopic (exact) mass is 230 g/mol. The molecule has 15 heavy (non-hydrogen) atoms. The molecular weight excluding hydrogens is 218 g/mol. The van der Waals surface area contributed by atoms with Crippen molar-refractivity contribution < 1.29 is 8.78 Å². The maximum Gasteiger partial charge on any atom is 0.128 e. The number of halogens is 3. The average Bonchev–Trinajstić information content (AvgIpc) is 2.32. The molecule has 2 unspecified atom stereocenters. The maximum atomic E-state index is 13.6. The van der Waals surface area contributed by atoms with E-state index in [0.717, 1.165) is 12.8 Å². The second-order valence-corrected chi connectivity index (χ2v) is 4.80. The van der Waals surface area contributed by atoms with E-state index < -0.39 is 5.38 Å². The Hall–Kier alpha value is -0.630. The van der Waals surface area contributed by atoms with E-state index in [2.05, 4.69) is 6.92 Å². The summed E-state index contributed by atoms with van der Waals surface area (Å²) in [5.41, 5.74) is 0.848. The highest BCUT2D eigenvalue weighted by Crippen LogP contribution is 2.38. The molecule has 0 heterocycles. The standard InChI is InChI=1S/C12H13ClF2/c1-7-2-3-8-10(14)4-5-11(15)12(8)9(13)6-7/h4-5,7,9H,2-3,6H2,1H3. The highest BCUT2D eigenvalue weighted by atomic mass is 35.5. The van der Waals surface area contributed by atoms with Gasteiger partial charge >= 0.3 is 0 Å². The molecule has 0 N–H and O–H groups in total. The van der Waals surface area contributed by atoms with Crippen LogP contribution in [0.15, 0.2) is 12.1 Å². The van der Waals surface area contributed by atoms with E-state index in [1.807, 2.05) is 0 Å². The number of benzene rings is 1. The molecule has 0 fully saturated rings.